The van der Waals surface area contributed by atoms with Gasteiger partial charge in [-0.1, -0.05) is 19.1 Å². The highest BCUT2D eigenvalue weighted by atomic mass is 16.5. The first-order valence-electron chi connectivity index (χ1n) is 6.45. The number of carbonyl (C=O) groups is 2. The third kappa shape index (κ3) is 4.72. The van der Waals surface area contributed by atoms with Crippen LogP contribution < -0.4 is 0 Å². The third-order valence-corrected chi connectivity index (χ3v) is 3.22. The van der Waals surface area contributed by atoms with Gasteiger partial charge in [-0.15, -0.1) is 0 Å². The van der Waals surface area contributed by atoms with Gasteiger partial charge in [-0.05, 0) is 31.6 Å². The fraction of sp³-hybridized carbons (Fsp3) is 0.714. The number of hydrogen-bond donors (Lipinski definition) is 0. The molecule has 0 amide bonds. The van der Waals surface area contributed by atoms with E-state index in [0.29, 0.717) is 31.8 Å². The Morgan fingerprint density at radius 1 is 1.41 bits per heavy atom. The smallest absolute Gasteiger partial charge is 0.306 e. The lowest BCUT2D eigenvalue weighted by atomic mass is 9.90. The van der Waals surface area contributed by atoms with Crippen LogP contribution in [0.15, 0.2) is 12.2 Å². The summed E-state index contributed by atoms with van der Waals surface area (Å²) in [5.74, 6) is 0.640. The third-order valence-electron chi connectivity index (χ3n) is 3.22. The molecule has 0 bridgehead atoms. The van der Waals surface area contributed by atoms with Crippen LogP contribution in [-0.2, 0) is 14.3 Å². The van der Waals surface area contributed by atoms with E-state index in [1.807, 2.05) is 19.9 Å². The van der Waals surface area contributed by atoms with Crippen molar-refractivity contribution in [3.8, 4) is 0 Å². The molecule has 1 saturated carbocycles. The predicted octanol–water partition coefficient (Wildman–Crippen LogP) is 2.89. The molecular weight excluding hydrogens is 216 g/mol. The minimum Gasteiger partial charge on any atom is -0.466 e. The minimum atomic E-state index is -0.156. The molecule has 0 saturated heterocycles. The highest BCUT2D eigenvalue weighted by Gasteiger charge is 2.33. The van der Waals surface area contributed by atoms with Crippen LogP contribution in [0.1, 0.15) is 46.0 Å². The molecule has 3 heteroatoms. The molecule has 17 heavy (non-hydrogen) atoms. The quantitative estimate of drug-likeness (QED) is 0.528. The van der Waals surface area contributed by atoms with Gasteiger partial charge >= 0.3 is 5.97 Å². The number of allylic oxidation sites excluding steroid dienone is 2. The van der Waals surface area contributed by atoms with Crippen LogP contribution in [0, 0.1) is 11.8 Å². The number of hydrogen-bond acceptors (Lipinski definition) is 3. The van der Waals surface area contributed by atoms with Gasteiger partial charge in [0.2, 0.25) is 0 Å². The zero-order valence-electron chi connectivity index (χ0n) is 10.8. The first-order valence-corrected chi connectivity index (χ1v) is 6.45. The van der Waals surface area contributed by atoms with Gasteiger partial charge in [-0.3, -0.25) is 9.59 Å². The van der Waals surface area contributed by atoms with Crippen molar-refractivity contribution in [3.63, 3.8) is 0 Å². The molecule has 1 aliphatic rings. The van der Waals surface area contributed by atoms with E-state index >= 15 is 0 Å². The van der Waals surface area contributed by atoms with Crippen molar-refractivity contribution in [1.82, 2.24) is 0 Å². The lowest BCUT2D eigenvalue weighted by molar-refractivity contribution is -0.145. The predicted molar refractivity (Wildman–Crippen MR) is 66.5 cm³/mol. The molecule has 2 unspecified atom stereocenters. The molecule has 0 N–H and O–H groups in total. The van der Waals surface area contributed by atoms with Crippen LogP contribution in [-0.4, -0.2) is 18.4 Å². The van der Waals surface area contributed by atoms with E-state index in [1.54, 1.807) is 0 Å². The molecule has 96 valence electrons. The van der Waals surface area contributed by atoms with E-state index in [0.717, 1.165) is 12.8 Å². The summed E-state index contributed by atoms with van der Waals surface area (Å²) in [5.41, 5.74) is 0. The molecule has 0 aromatic carbocycles. The fourth-order valence-electron chi connectivity index (χ4n) is 2.32. The zero-order valence-corrected chi connectivity index (χ0v) is 10.8. The van der Waals surface area contributed by atoms with E-state index in [9.17, 15) is 9.59 Å². The number of esters is 1. The molecule has 0 aromatic rings. The molecule has 3 nitrogen and oxygen atoms in total. The molecule has 0 spiro atoms. The van der Waals surface area contributed by atoms with Gasteiger partial charge in [0.25, 0.3) is 0 Å². The first-order chi connectivity index (χ1) is 8.17. The normalized spacial score (nSPS) is 24.5. The van der Waals surface area contributed by atoms with E-state index in [1.165, 1.54) is 0 Å². The number of Topliss-reactive ketones (excluding diaryl/α,β-unsaturated/α-hetero) is 1. The molecule has 0 aromatic heterocycles. The van der Waals surface area contributed by atoms with E-state index in [2.05, 4.69) is 6.08 Å². The maximum absolute atomic E-state index is 11.5. The van der Waals surface area contributed by atoms with E-state index < -0.39 is 0 Å². The highest BCUT2D eigenvalue weighted by molar-refractivity contribution is 5.82. The Morgan fingerprint density at radius 2 is 2.12 bits per heavy atom. The number of ketones is 1. The molecule has 0 heterocycles. The Labute approximate surface area is 103 Å². The maximum atomic E-state index is 11.5. The Hall–Kier alpha value is -1.12. The summed E-state index contributed by atoms with van der Waals surface area (Å²) >= 11 is 0. The largest absolute Gasteiger partial charge is 0.466 e. The summed E-state index contributed by atoms with van der Waals surface area (Å²) in [7, 11) is 0. The van der Waals surface area contributed by atoms with E-state index in [-0.39, 0.29) is 17.7 Å². The average Bonchev–Trinajstić information content (AvgIpc) is 2.64. The zero-order chi connectivity index (χ0) is 12.7. The van der Waals surface area contributed by atoms with Gasteiger partial charge in [-0.25, -0.2) is 0 Å². The van der Waals surface area contributed by atoms with Gasteiger partial charge in [0.05, 0.1) is 6.61 Å². The standard InChI is InChI=1S/C14H22O3/c1-3-5-6-11-8-13(15)9-12(11)10-14(16)17-7-4-2/h3,5,11-12H,4,6-10H2,1-2H3. The van der Waals surface area contributed by atoms with Crippen LogP contribution in [0.4, 0.5) is 0 Å². The second-order valence-corrected chi connectivity index (χ2v) is 4.70. The molecule has 1 aliphatic carbocycles. The van der Waals surface area contributed by atoms with Gasteiger partial charge in [0.15, 0.2) is 0 Å². The van der Waals surface area contributed by atoms with E-state index in [4.69, 9.17) is 4.74 Å². The summed E-state index contributed by atoms with van der Waals surface area (Å²) in [4.78, 5) is 23.0. The Balaban J connectivity index is 2.43. The van der Waals surface area contributed by atoms with Crippen LogP contribution >= 0.6 is 0 Å². The van der Waals surface area contributed by atoms with Gasteiger partial charge in [-0.2, -0.15) is 0 Å². The van der Waals surface area contributed by atoms with Crippen molar-refractivity contribution in [2.45, 2.75) is 46.0 Å². The van der Waals surface area contributed by atoms with Crippen LogP contribution in [0.3, 0.4) is 0 Å². The SMILES string of the molecule is CC=CCC1CC(=O)CC1CC(=O)OCCC. The lowest BCUT2D eigenvalue weighted by Gasteiger charge is -2.16. The number of carbonyl (C=O) groups excluding carboxylic acids is 2. The van der Waals surface area contributed by atoms with Crippen LogP contribution in [0.25, 0.3) is 0 Å². The molecule has 0 radical (unpaired) electrons. The monoisotopic (exact) mass is 238 g/mol. The second kappa shape index (κ2) is 7.25. The topological polar surface area (TPSA) is 43.4 Å². The molecule has 2 atom stereocenters. The highest BCUT2D eigenvalue weighted by Crippen LogP contribution is 2.34. The minimum absolute atomic E-state index is 0.156. The molecule has 1 fully saturated rings. The molecular formula is C14H22O3. The van der Waals surface area contributed by atoms with Gasteiger partial charge < -0.3 is 4.74 Å². The van der Waals surface area contributed by atoms with Crippen molar-refractivity contribution in [2.75, 3.05) is 6.61 Å². The van der Waals surface area contributed by atoms with Crippen molar-refractivity contribution in [3.05, 3.63) is 12.2 Å². The fourth-order valence-corrected chi connectivity index (χ4v) is 2.32. The Kier molecular flexibility index (Phi) is 5.95. The lowest BCUT2D eigenvalue weighted by Crippen LogP contribution is -2.15. The second-order valence-electron chi connectivity index (χ2n) is 4.70. The van der Waals surface area contributed by atoms with Crippen LogP contribution in [0.2, 0.25) is 0 Å². The molecule has 0 aliphatic heterocycles. The summed E-state index contributed by atoms with van der Waals surface area (Å²) in [6.07, 6.45) is 7.38. The molecule has 1 rings (SSSR count). The summed E-state index contributed by atoms with van der Waals surface area (Å²) in [5, 5.41) is 0. The van der Waals surface area contributed by atoms with Crippen molar-refractivity contribution in [2.24, 2.45) is 11.8 Å². The Bertz CT molecular complexity index is 294. The summed E-state index contributed by atoms with van der Waals surface area (Å²) in [6, 6.07) is 0. The van der Waals surface area contributed by atoms with Crippen molar-refractivity contribution in [1.29, 1.82) is 0 Å². The van der Waals surface area contributed by atoms with Gasteiger partial charge in [0.1, 0.15) is 5.78 Å². The van der Waals surface area contributed by atoms with Crippen LogP contribution in [0.5, 0.6) is 0 Å². The number of ether oxygens (including phenoxy) is 1. The van der Waals surface area contributed by atoms with Gasteiger partial charge in [0, 0.05) is 19.3 Å². The average molecular weight is 238 g/mol. The first kappa shape index (κ1) is 13.9. The summed E-state index contributed by atoms with van der Waals surface area (Å²) < 4.78 is 5.07. The van der Waals surface area contributed by atoms with Crippen molar-refractivity contribution < 1.29 is 14.3 Å². The maximum Gasteiger partial charge on any atom is 0.306 e. The Morgan fingerprint density at radius 3 is 2.76 bits per heavy atom. The number of rotatable bonds is 6. The summed E-state index contributed by atoms with van der Waals surface area (Å²) in [6.45, 7) is 4.43. The van der Waals surface area contributed by atoms with Crippen molar-refractivity contribution >= 4 is 11.8 Å².